The van der Waals surface area contributed by atoms with E-state index >= 15 is 0 Å². The molecule has 0 bridgehead atoms. The fourth-order valence-electron chi connectivity index (χ4n) is 2.96. The maximum absolute atomic E-state index is 12.9. The van der Waals surface area contributed by atoms with Crippen LogP contribution in [0, 0.1) is 0 Å². The topological polar surface area (TPSA) is 20.3 Å². The molecule has 0 fully saturated rings. The van der Waals surface area contributed by atoms with E-state index in [0.29, 0.717) is 6.42 Å². The normalized spacial score (nSPS) is 23.7. The second-order valence-electron chi connectivity index (χ2n) is 6.90. The van der Waals surface area contributed by atoms with Gasteiger partial charge in [-0.25, -0.2) is 8.51 Å². The Labute approximate surface area is 132 Å². The van der Waals surface area contributed by atoms with E-state index in [1.807, 2.05) is 27.7 Å². The summed E-state index contributed by atoms with van der Waals surface area (Å²) in [5.41, 5.74) is 0.969. The largest absolute Gasteiger partial charge is 0.416 e. The molecule has 22 heavy (non-hydrogen) atoms. The summed E-state index contributed by atoms with van der Waals surface area (Å²) in [4.78, 5) is 0. The van der Waals surface area contributed by atoms with E-state index in [-0.39, 0.29) is 12.0 Å². The molecule has 0 radical (unpaired) electrons. The van der Waals surface area contributed by atoms with Crippen LogP contribution in [0.4, 0.5) is 13.2 Å². The lowest BCUT2D eigenvalue weighted by atomic mass is 10.0. The predicted molar refractivity (Wildman–Crippen MR) is 82.9 cm³/mol. The first-order valence-electron chi connectivity index (χ1n) is 7.28. The molecule has 1 aliphatic rings. The highest BCUT2D eigenvalue weighted by Gasteiger charge is 2.38. The van der Waals surface area contributed by atoms with Crippen molar-refractivity contribution in [1.29, 1.82) is 0 Å². The summed E-state index contributed by atoms with van der Waals surface area (Å²) in [6, 6.07) is 3.81. The zero-order valence-electron chi connectivity index (χ0n) is 13.5. The van der Waals surface area contributed by atoms with Crippen LogP contribution in [-0.2, 0) is 17.2 Å². The number of fused-ring (bicyclic) bond motifs is 1. The number of hydrogen-bond donors (Lipinski definition) is 0. The lowest BCUT2D eigenvalue weighted by molar-refractivity contribution is -0.137. The van der Waals surface area contributed by atoms with Gasteiger partial charge in [0, 0.05) is 13.1 Å². The second kappa shape index (κ2) is 5.64. The quantitative estimate of drug-likeness (QED) is 0.771. The summed E-state index contributed by atoms with van der Waals surface area (Å²) >= 11 is 0. The molecule has 3 atom stereocenters. The summed E-state index contributed by atoms with van der Waals surface area (Å²) in [6.07, 6.45) is -3.64. The van der Waals surface area contributed by atoms with Gasteiger partial charge in [0.1, 0.15) is 11.0 Å². The molecule has 1 aliphatic carbocycles. The molecule has 0 spiro atoms. The zero-order valence-corrected chi connectivity index (χ0v) is 14.3. The molecule has 0 heterocycles. The molecule has 0 N–H and O–H groups in total. The summed E-state index contributed by atoms with van der Waals surface area (Å²) < 4.78 is 52.5. The molecule has 0 saturated heterocycles. The van der Waals surface area contributed by atoms with E-state index in [1.165, 1.54) is 6.07 Å². The van der Waals surface area contributed by atoms with E-state index < -0.39 is 27.5 Å². The van der Waals surface area contributed by atoms with Gasteiger partial charge >= 0.3 is 6.18 Å². The summed E-state index contributed by atoms with van der Waals surface area (Å²) in [7, 11) is 0.578. The van der Waals surface area contributed by atoms with Crippen molar-refractivity contribution in [2.45, 2.75) is 57.0 Å². The van der Waals surface area contributed by atoms with E-state index in [2.05, 4.69) is 0 Å². The Morgan fingerprint density at radius 2 is 1.77 bits per heavy atom. The van der Waals surface area contributed by atoms with Crippen molar-refractivity contribution in [3.05, 3.63) is 34.9 Å². The van der Waals surface area contributed by atoms with Gasteiger partial charge in [0.05, 0.1) is 10.3 Å². The van der Waals surface area contributed by atoms with Gasteiger partial charge in [-0.05, 0) is 56.4 Å². The number of nitrogens with zero attached hydrogens (tertiary/aromatic N) is 1. The van der Waals surface area contributed by atoms with Crippen molar-refractivity contribution in [2.24, 2.45) is 0 Å². The molecule has 0 saturated carbocycles. The number of hydrogen-bond acceptors (Lipinski definition) is 1. The molecular weight excluding hydrogens is 311 g/mol. The molecular formula is C16H22F3NOS. The Bertz CT molecular complexity index is 592. The molecule has 1 aromatic carbocycles. The van der Waals surface area contributed by atoms with Crippen LogP contribution in [0.15, 0.2) is 18.2 Å². The van der Waals surface area contributed by atoms with E-state index in [9.17, 15) is 17.4 Å². The van der Waals surface area contributed by atoms with Crippen LogP contribution in [-0.4, -0.2) is 20.3 Å². The molecule has 1 unspecified atom stereocenters. The third kappa shape index (κ3) is 3.23. The van der Waals surface area contributed by atoms with Crippen molar-refractivity contribution in [3.8, 4) is 0 Å². The minimum absolute atomic E-state index is 0.0294. The Hall–Kier alpha value is -0.880. The fraction of sp³-hybridized carbons (Fsp3) is 0.625. The van der Waals surface area contributed by atoms with E-state index in [4.69, 9.17) is 0 Å². The van der Waals surface area contributed by atoms with Crippen LogP contribution < -0.4 is 0 Å². The fourth-order valence-corrected chi connectivity index (χ4v) is 4.26. The molecule has 6 heteroatoms. The van der Waals surface area contributed by atoms with Crippen LogP contribution in [0.2, 0.25) is 0 Å². The van der Waals surface area contributed by atoms with Crippen LogP contribution in [0.3, 0.4) is 0 Å². The summed E-state index contributed by atoms with van der Waals surface area (Å²) in [5.74, 6) is 0.0294. The SMILES string of the molecule is C[C@@H]1C[C@@H](N(C)S(=O)C(C)(C)C)c2ccc(C(F)(F)F)cc21. The molecule has 0 aliphatic heterocycles. The number of alkyl halides is 3. The van der Waals surface area contributed by atoms with Crippen molar-refractivity contribution < 1.29 is 17.4 Å². The van der Waals surface area contributed by atoms with Gasteiger partial charge in [-0.3, -0.25) is 0 Å². The molecule has 2 nitrogen and oxygen atoms in total. The van der Waals surface area contributed by atoms with Gasteiger partial charge in [0.15, 0.2) is 0 Å². The van der Waals surface area contributed by atoms with Gasteiger partial charge in [-0.2, -0.15) is 13.2 Å². The van der Waals surface area contributed by atoms with Crippen molar-refractivity contribution in [1.82, 2.24) is 4.31 Å². The van der Waals surface area contributed by atoms with Crippen LogP contribution in [0.1, 0.15) is 62.8 Å². The Morgan fingerprint density at radius 1 is 1.18 bits per heavy atom. The highest BCUT2D eigenvalue weighted by Crippen LogP contribution is 2.45. The number of halogens is 3. The van der Waals surface area contributed by atoms with Gasteiger partial charge in [0.2, 0.25) is 0 Å². The Kier molecular flexibility index (Phi) is 4.48. The highest BCUT2D eigenvalue weighted by molar-refractivity contribution is 7.84. The molecule has 1 aromatic rings. The van der Waals surface area contributed by atoms with Crippen molar-refractivity contribution in [2.75, 3.05) is 7.05 Å². The van der Waals surface area contributed by atoms with Crippen molar-refractivity contribution >= 4 is 11.0 Å². The number of rotatable bonds is 2. The maximum Gasteiger partial charge on any atom is 0.416 e. The summed E-state index contributed by atoms with van der Waals surface area (Å²) in [6.45, 7) is 7.61. The minimum atomic E-state index is -4.33. The third-order valence-electron chi connectivity index (χ3n) is 4.11. The average Bonchev–Trinajstić information content (AvgIpc) is 2.72. The Morgan fingerprint density at radius 3 is 2.27 bits per heavy atom. The Balaban J connectivity index is 2.37. The molecule has 124 valence electrons. The van der Waals surface area contributed by atoms with E-state index in [1.54, 1.807) is 17.4 Å². The van der Waals surface area contributed by atoms with Gasteiger partial charge < -0.3 is 0 Å². The standard InChI is InChI=1S/C16H22F3NOS/c1-10-8-14(20(5)22(21)15(2,3)4)12-7-6-11(9-13(10)12)16(17,18)19/h6-7,9-10,14H,8H2,1-5H3/t10-,14-,22?/m1/s1. The molecule has 2 rings (SSSR count). The first-order chi connectivity index (χ1) is 9.93. The molecule has 0 amide bonds. The smallest absolute Gasteiger partial charge is 0.242 e. The van der Waals surface area contributed by atoms with E-state index in [0.717, 1.165) is 17.2 Å². The van der Waals surface area contributed by atoms with Crippen LogP contribution in [0.25, 0.3) is 0 Å². The minimum Gasteiger partial charge on any atom is -0.242 e. The lowest BCUT2D eigenvalue weighted by Gasteiger charge is -2.30. The maximum atomic E-state index is 12.9. The number of benzene rings is 1. The van der Waals surface area contributed by atoms with Crippen LogP contribution in [0.5, 0.6) is 0 Å². The van der Waals surface area contributed by atoms with Crippen LogP contribution >= 0.6 is 0 Å². The summed E-state index contributed by atoms with van der Waals surface area (Å²) in [5, 5.41) is 0. The monoisotopic (exact) mass is 333 g/mol. The average molecular weight is 333 g/mol. The second-order valence-corrected chi connectivity index (χ2v) is 9.20. The predicted octanol–water partition coefficient (Wildman–Crippen LogP) is 4.65. The lowest BCUT2D eigenvalue weighted by Crippen LogP contribution is -2.36. The van der Waals surface area contributed by atoms with Gasteiger partial charge in [0.25, 0.3) is 0 Å². The zero-order chi connectivity index (χ0) is 16.9. The van der Waals surface area contributed by atoms with Crippen molar-refractivity contribution in [3.63, 3.8) is 0 Å². The van der Waals surface area contributed by atoms with Gasteiger partial charge in [-0.1, -0.05) is 13.0 Å². The highest BCUT2D eigenvalue weighted by atomic mass is 32.2. The third-order valence-corrected chi connectivity index (χ3v) is 5.93. The first kappa shape index (κ1) is 17.5. The molecule has 0 aromatic heterocycles. The first-order valence-corrected chi connectivity index (χ1v) is 8.39. The van der Waals surface area contributed by atoms with Gasteiger partial charge in [-0.15, -0.1) is 0 Å².